The second kappa shape index (κ2) is 11.7. The number of carbonyl (C=O) groups excluding carboxylic acids is 2. The lowest BCUT2D eigenvalue weighted by atomic mass is 9.79. The number of hydrogen-bond donors (Lipinski definition) is 1. The Morgan fingerprint density at radius 3 is 2.39 bits per heavy atom. The maximum atomic E-state index is 13.8. The molecule has 0 amide bonds. The Morgan fingerprint density at radius 1 is 1.02 bits per heavy atom. The second-order valence-electron chi connectivity index (χ2n) is 9.46. The van der Waals surface area contributed by atoms with Crippen LogP contribution in [0.3, 0.4) is 0 Å². The number of nitro benzene ring substituents is 1. The Kier molecular flexibility index (Phi) is 8.11. The third-order valence-electron chi connectivity index (χ3n) is 6.94. The molecular formula is C31H27IN2O7. The molecule has 9 nitrogen and oxygen atoms in total. The lowest BCUT2D eigenvalue weighted by Crippen LogP contribution is -2.29. The van der Waals surface area contributed by atoms with E-state index >= 15 is 0 Å². The van der Waals surface area contributed by atoms with Crippen molar-refractivity contribution in [1.29, 1.82) is 0 Å². The lowest BCUT2D eigenvalue weighted by molar-refractivity contribution is -0.384. The summed E-state index contributed by atoms with van der Waals surface area (Å²) < 4.78 is 18.3. The van der Waals surface area contributed by atoms with Gasteiger partial charge in [0.25, 0.3) is 5.69 Å². The average molecular weight is 666 g/mol. The number of rotatable bonds is 9. The van der Waals surface area contributed by atoms with E-state index in [1.165, 1.54) is 12.1 Å². The Balaban J connectivity index is 1.58. The maximum Gasteiger partial charge on any atom is 0.336 e. The fourth-order valence-corrected chi connectivity index (χ4v) is 5.95. The molecule has 0 saturated carbocycles. The topological polar surface area (TPSA) is 117 Å². The van der Waals surface area contributed by atoms with Crippen LogP contribution in [0.25, 0.3) is 5.70 Å². The van der Waals surface area contributed by atoms with Gasteiger partial charge in [0.15, 0.2) is 17.3 Å². The SMILES string of the molecule is CCOC(=O)C1=C(C)NC2=C(C(=O)c3ccccc32)[C@H]1c1cc(I)c(OCc2ccc([N+](=O)[O-])cc2)c(OCC)c1. The van der Waals surface area contributed by atoms with Crippen molar-refractivity contribution >= 4 is 45.7 Å². The smallest absolute Gasteiger partial charge is 0.336 e. The number of nitro groups is 1. The van der Waals surface area contributed by atoms with Crippen LogP contribution in [-0.4, -0.2) is 29.9 Å². The number of ketones is 1. The van der Waals surface area contributed by atoms with E-state index in [1.54, 1.807) is 31.2 Å². The van der Waals surface area contributed by atoms with Crippen LogP contribution in [0.4, 0.5) is 5.69 Å². The van der Waals surface area contributed by atoms with Gasteiger partial charge >= 0.3 is 5.97 Å². The molecule has 3 aromatic carbocycles. The van der Waals surface area contributed by atoms with E-state index < -0.39 is 16.8 Å². The van der Waals surface area contributed by atoms with Crippen LogP contribution in [0.5, 0.6) is 11.5 Å². The number of benzene rings is 3. The normalized spacial score (nSPS) is 15.7. The highest BCUT2D eigenvalue weighted by Gasteiger charge is 2.43. The number of hydrogen-bond acceptors (Lipinski definition) is 8. The van der Waals surface area contributed by atoms with Crippen LogP contribution in [-0.2, 0) is 16.1 Å². The monoisotopic (exact) mass is 666 g/mol. The second-order valence-corrected chi connectivity index (χ2v) is 10.6. The summed E-state index contributed by atoms with van der Waals surface area (Å²) in [6.45, 7) is 6.13. The molecule has 3 aromatic rings. The zero-order valence-corrected chi connectivity index (χ0v) is 24.8. The zero-order valence-electron chi connectivity index (χ0n) is 22.7. The van der Waals surface area contributed by atoms with Crippen LogP contribution < -0.4 is 14.8 Å². The third-order valence-corrected chi connectivity index (χ3v) is 7.74. The number of dihydropyridines is 1. The number of carbonyl (C=O) groups is 2. The average Bonchev–Trinajstić information content (AvgIpc) is 3.23. The van der Waals surface area contributed by atoms with Crippen molar-refractivity contribution in [2.45, 2.75) is 33.3 Å². The summed E-state index contributed by atoms with van der Waals surface area (Å²) in [5.41, 5.74) is 4.97. The van der Waals surface area contributed by atoms with E-state index in [-0.39, 0.29) is 24.7 Å². The molecule has 10 heteroatoms. The summed E-state index contributed by atoms with van der Waals surface area (Å²) in [6.07, 6.45) is 0. The number of nitrogens with zero attached hydrogens (tertiary/aromatic N) is 1. The number of nitrogens with one attached hydrogen (secondary N) is 1. The number of allylic oxidation sites excluding steroid dienone is 2. The van der Waals surface area contributed by atoms with E-state index in [4.69, 9.17) is 14.2 Å². The van der Waals surface area contributed by atoms with E-state index in [0.717, 1.165) is 14.7 Å². The Morgan fingerprint density at radius 2 is 1.73 bits per heavy atom. The zero-order chi connectivity index (χ0) is 29.3. The number of ether oxygens (including phenoxy) is 3. The van der Waals surface area contributed by atoms with Gasteiger partial charge in [-0.15, -0.1) is 0 Å². The Bertz CT molecular complexity index is 1630. The minimum Gasteiger partial charge on any atom is -0.490 e. The highest BCUT2D eigenvalue weighted by molar-refractivity contribution is 14.1. The largest absolute Gasteiger partial charge is 0.490 e. The first kappa shape index (κ1) is 28.3. The number of fused-ring (bicyclic) bond motifs is 2. The Labute approximate surface area is 250 Å². The van der Waals surface area contributed by atoms with Crippen LogP contribution in [0.1, 0.15) is 53.7 Å². The lowest BCUT2D eigenvalue weighted by Gasteiger charge is -2.30. The van der Waals surface area contributed by atoms with E-state index in [9.17, 15) is 19.7 Å². The summed E-state index contributed by atoms with van der Waals surface area (Å²) in [5, 5.41) is 14.3. The van der Waals surface area contributed by atoms with E-state index in [2.05, 4.69) is 27.9 Å². The van der Waals surface area contributed by atoms with Crippen molar-refractivity contribution in [2.75, 3.05) is 13.2 Å². The van der Waals surface area contributed by atoms with Gasteiger partial charge in [-0.25, -0.2) is 4.79 Å². The number of non-ortho nitro benzene ring substituents is 1. The third kappa shape index (κ3) is 5.31. The van der Waals surface area contributed by atoms with E-state index in [1.807, 2.05) is 38.1 Å². The molecule has 1 heterocycles. The van der Waals surface area contributed by atoms with Gasteiger partial charge in [-0.3, -0.25) is 14.9 Å². The summed E-state index contributed by atoms with van der Waals surface area (Å²) in [7, 11) is 0. The van der Waals surface area contributed by atoms with Crippen LogP contribution in [0.15, 0.2) is 77.5 Å². The highest BCUT2D eigenvalue weighted by atomic mass is 127. The summed E-state index contributed by atoms with van der Waals surface area (Å²) >= 11 is 2.15. The molecule has 1 aliphatic heterocycles. The first-order chi connectivity index (χ1) is 19.7. The first-order valence-corrected chi connectivity index (χ1v) is 14.2. The first-order valence-electron chi connectivity index (χ1n) is 13.1. The summed E-state index contributed by atoms with van der Waals surface area (Å²) in [6, 6.07) is 17.2. The predicted octanol–water partition coefficient (Wildman–Crippen LogP) is 6.31. The van der Waals surface area contributed by atoms with Crippen molar-refractivity contribution in [3.63, 3.8) is 0 Å². The maximum absolute atomic E-state index is 13.8. The molecule has 5 rings (SSSR count). The van der Waals surface area contributed by atoms with Crippen molar-refractivity contribution in [3.8, 4) is 11.5 Å². The molecule has 0 fully saturated rings. The van der Waals surface area contributed by atoms with Crippen LogP contribution in [0, 0.1) is 13.7 Å². The molecule has 0 radical (unpaired) electrons. The molecule has 0 unspecified atom stereocenters. The molecule has 0 spiro atoms. The minimum atomic E-state index is -0.693. The van der Waals surface area contributed by atoms with Gasteiger partial charge in [-0.1, -0.05) is 24.3 Å². The fourth-order valence-electron chi connectivity index (χ4n) is 5.17. The van der Waals surface area contributed by atoms with Crippen molar-refractivity contribution < 1.29 is 28.7 Å². The molecule has 1 atom stereocenters. The van der Waals surface area contributed by atoms with Gasteiger partial charge < -0.3 is 19.5 Å². The molecule has 1 N–H and O–H groups in total. The molecule has 0 bridgehead atoms. The molecule has 1 aliphatic carbocycles. The molecule has 2 aliphatic rings. The molecule has 0 aromatic heterocycles. The van der Waals surface area contributed by atoms with Gasteiger partial charge in [0.05, 0.1) is 33.0 Å². The van der Waals surface area contributed by atoms with E-state index in [0.29, 0.717) is 51.8 Å². The van der Waals surface area contributed by atoms with Crippen molar-refractivity contribution in [1.82, 2.24) is 5.32 Å². The molecule has 210 valence electrons. The quantitative estimate of drug-likeness (QED) is 0.122. The summed E-state index contributed by atoms with van der Waals surface area (Å²) in [4.78, 5) is 37.6. The van der Waals surface area contributed by atoms with Gasteiger partial charge in [0, 0.05) is 40.4 Å². The van der Waals surface area contributed by atoms with Crippen molar-refractivity contribution in [3.05, 3.63) is 113 Å². The predicted molar refractivity (Wildman–Crippen MR) is 161 cm³/mol. The van der Waals surface area contributed by atoms with Crippen molar-refractivity contribution in [2.24, 2.45) is 0 Å². The summed E-state index contributed by atoms with van der Waals surface area (Å²) in [5.74, 6) is -0.377. The van der Waals surface area contributed by atoms with Gasteiger partial charge in [0.2, 0.25) is 0 Å². The number of halogens is 1. The Hall–Kier alpha value is -4.19. The van der Waals surface area contributed by atoms with Gasteiger partial charge in [0.1, 0.15) is 6.61 Å². The minimum absolute atomic E-state index is 0.00250. The number of esters is 1. The molecule has 0 saturated heterocycles. The fraction of sp³-hybridized carbons (Fsp3) is 0.226. The molecular weight excluding hydrogens is 639 g/mol. The molecule has 41 heavy (non-hydrogen) atoms. The highest BCUT2D eigenvalue weighted by Crippen LogP contribution is 2.49. The van der Waals surface area contributed by atoms with Gasteiger partial charge in [-0.2, -0.15) is 0 Å². The number of Topliss-reactive ketones (excluding diaryl/α,β-unsaturated/α-hetero) is 1. The standard InChI is InChI=1S/C31H27IN2O7/c1-4-39-24-15-19(14-23(32)30(24)41-16-18-10-12-20(13-11-18)34(37)38)26-25(31(36)40-5-2)17(3)33-28-21-8-6-7-9-22(21)29(35)27(26)28/h6-15,26,33H,4-5,16H2,1-3H3/t26-/m0/s1. The van der Waals surface area contributed by atoms with Crippen LogP contribution in [0.2, 0.25) is 0 Å². The van der Waals surface area contributed by atoms with Gasteiger partial charge in [-0.05, 0) is 78.8 Å². The van der Waals surface area contributed by atoms with Crippen LogP contribution >= 0.6 is 22.6 Å².